The van der Waals surface area contributed by atoms with Crippen LogP contribution in [0.15, 0.2) is 0 Å². The molecule has 1 nitrogen and oxygen atoms in total. The first-order valence-corrected chi connectivity index (χ1v) is 11.4. The van der Waals surface area contributed by atoms with Crippen molar-refractivity contribution in [3.63, 3.8) is 0 Å². The van der Waals surface area contributed by atoms with E-state index in [-0.39, 0.29) is 0 Å². The fourth-order valence-corrected chi connectivity index (χ4v) is 2.80. The van der Waals surface area contributed by atoms with Crippen LogP contribution < -0.4 is 0 Å². The first-order valence-electron chi connectivity index (χ1n) is 7.97. The van der Waals surface area contributed by atoms with Crippen LogP contribution in [0, 0.1) is 11.8 Å². The number of hydrogen-bond donors (Lipinski definition) is 0. The van der Waals surface area contributed by atoms with E-state index < -0.39 is 8.32 Å². The van der Waals surface area contributed by atoms with Crippen molar-refractivity contribution in [2.75, 3.05) is 12.5 Å². The standard InChI is InChI=1S/C17H33ClOSi/c1-17(2,3)20(4,5)19-16-14-12-10-8-6-7-9-11-13-15-18/h7,9-16H2,1-5H3. The summed E-state index contributed by atoms with van der Waals surface area (Å²) in [6.45, 7) is 12.4. The van der Waals surface area contributed by atoms with Gasteiger partial charge in [-0.1, -0.05) is 27.2 Å². The van der Waals surface area contributed by atoms with Crippen LogP contribution in [0.5, 0.6) is 0 Å². The third-order valence-corrected chi connectivity index (χ3v) is 8.83. The molecule has 0 bridgehead atoms. The van der Waals surface area contributed by atoms with Crippen molar-refractivity contribution in [1.29, 1.82) is 0 Å². The van der Waals surface area contributed by atoms with Gasteiger partial charge in [-0.2, -0.15) is 0 Å². The van der Waals surface area contributed by atoms with Crippen LogP contribution in [0.25, 0.3) is 0 Å². The van der Waals surface area contributed by atoms with Crippen LogP contribution in [0.4, 0.5) is 0 Å². The van der Waals surface area contributed by atoms with Crippen LogP contribution in [0.3, 0.4) is 0 Å². The molecule has 3 heteroatoms. The smallest absolute Gasteiger partial charge is 0.191 e. The van der Waals surface area contributed by atoms with Crippen LogP contribution >= 0.6 is 11.6 Å². The summed E-state index contributed by atoms with van der Waals surface area (Å²) < 4.78 is 6.14. The summed E-state index contributed by atoms with van der Waals surface area (Å²) in [7, 11) is -1.55. The summed E-state index contributed by atoms with van der Waals surface area (Å²) in [5.41, 5.74) is 0. The normalized spacial score (nSPS) is 12.1. The molecule has 0 heterocycles. The molecule has 0 aromatic rings. The van der Waals surface area contributed by atoms with Gasteiger partial charge >= 0.3 is 0 Å². The molecule has 0 aliphatic rings. The second-order valence-electron chi connectivity index (χ2n) is 6.92. The Balaban J connectivity index is 3.52. The molecular formula is C17H33ClOSi. The molecule has 0 spiro atoms. The maximum atomic E-state index is 6.14. The largest absolute Gasteiger partial charge is 0.417 e. The third-order valence-electron chi connectivity index (χ3n) is 4.03. The van der Waals surface area contributed by atoms with Gasteiger partial charge in [-0.25, -0.2) is 0 Å². The topological polar surface area (TPSA) is 9.23 Å². The lowest BCUT2D eigenvalue weighted by Gasteiger charge is -2.36. The van der Waals surface area contributed by atoms with E-state index in [9.17, 15) is 0 Å². The highest BCUT2D eigenvalue weighted by Crippen LogP contribution is 2.36. The second kappa shape index (κ2) is 10.7. The molecule has 0 amide bonds. The molecule has 0 aromatic heterocycles. The van der Waals surface area contributed by atoms with E-state index in [1.807, 2.05) is 0 Å². The predicted octanol–water partition coefficient (Wildman–Crippen LogP) is 5.98. The van der Waals surface area contributed by atoms with Crippen LogP contribution in [0.2, 0.25) is 18.1 Å². The number of halogens is 1. The maximum Gasteiger partial charge on any atom is 0.191 e. The highest BCUT2D eigenvalue weighted by Gasteiger charge is 2.36. The first-order chi connectivity index (χ1) is 9.31. The Hall–Kier alpha value is 0.0269. The van der Waals surface area contributed by atoms with Gasteiger partial charge in [0.15, 0.2) is 8.32 Å². The molecule has 0 saturated heterocycles. The summed E-state index contributed by atoms with van der Waals surface area (Å²) in [5.74, 6) is 7.29. The number of rotatable bonds is 9. The highest BCUT2D eigenvalue weighted by molar-refractivity contribution is 6.74. The zero-order valence-electron chi connectivity index (χ0n) is 14.2. The molecular weight excluding hydrogens is 284 g/mol. The Bertz CT molecular complexity index is 296. The summed E-state index contributed by atoms with van der Waals surface area (Å²) in [5, 5.41) is 0.315. The van der Waals surface area contributed by atoms with Gasteiger partial charge < -0.3 is 4.43 Å². The van der Waals surface area contributed by atoms with Crippen LogP contribution in [-0.2, 0) is 4.43 Å². The zero-order valence-corrected chi connectivity index (χ0v) is 15.9. The second-order valence-corrected chi connectivity index (χ2v) is 12.1. The summed E-state index contributed by atoms with van der Waals surface area (Å²) in [6, 6.07) is 0. The monoisotopic (exact) mass is 316 g/mol. The Labute approximate surface area is 132 Å². The van der Waals surface area contributed by atoms with Gasteiger partial charge in [-0.3, -0.25) is 0 Å². The minimum Gasteiger partial charge on any atom is -0.417 e. The molecule has 0 N–H and O–H groups in total. The van der Waals surface area contributed by atoms with E-state index in [2.05, 4.69) is 45.7 Å². The lowest BCUT2D eigenvalue weighted by atomic mass is 10.2. The van der Waals surface area contributed by atoms with E-state index in [0.717, 1.165) is 44.6 Å². The fraction of sp³-hybridized carbons (Fsp3) is 0.882. The quantitative estimate of drug-likeness (QED) is 0.220. The van der Waals surface area contributed by atoms with Gasteiger partial charge in [-0.05, 0) is 43.8 Å². The van der Waals surface area contributed by atoms with Crippen LogP contribution in [-0.4, -0.2) is 20.8 Å². The first kappa shape index (κ1) is 20.0. The molecule has 0 aliphatic carbocycles. The molecule has 0 fully saturated rings. The van der Waals surface area contributed by atoms with Gasteiger partial charge in [-0.15, -0.1) is 23.4 Å². The zero-order chi connectivity index (χ0) is 15.5. The lowest BCUT2D eigenvalue weighted by Crippen LogP contribution is -2.40. The average Bonchev–Trinajstić information content (AvgIpc) is 2.34. The Kier molecular flexibility index (Phi) is 10.7. The summed E-state index contributed by atoms with van der Waals surface area (Å²) in [4.78, 5) is 0. The van der Waals surface area contributed by atoms with Crippen molar-refractivity contribution < 1.29 is 4.43 Å². The van der Waals surface area contributed by atoms with E-state index in [1.165, 1.54) is 12.8 Å². The van der Waals surface area contributed by atoms with Crippen molar-refractivity contribution in [2.24, 2.45) is 0 Å². The van der Waals surface area contributed by atoms with E-state index in [0.29, 0.717) is 5.04 Å². The minimum absolute atomic E-state index is 0.315. The number of hydrogen-bond acceptors (Lipinski definition) is 1. The summed E-state index contributed by atoms with van der Waals surface area (Å²) >= 11 is 5.63. The molecule has 0 unspecified atom stereocenters. The summed E-state index contributed by atoms with van der Waals surface area (Å²) in [6.07, 6.45) is 7.84. The molecule has 0 saturated carbocycles. The fourth-order valence-electron chi connectivity index (χ4n) is 1.52. The molecule has 0 atom stereocenters. The predicted molar refractivity (Wildman–Crippen MR) is 94.0 cm³/mol. The average molecular weight is 317 g/mol. The van der Waals surface area contributed by atoms with Crippen molar-refractivity contribution in [2.45, 2.75) is 83.8 Å². The Morgan fingerprint density at radius 1 is 0.900 bits per heavy atom. The Morgan fingerprint density at radius 2 is 1.45 bits per heavy atom. The molecule has 0 aliphatic heterocycles. The van der Waals surface area contributed by atoms with Gasteiger partial charge in [0.2, 0.25) is 0 Å². The van der Waals surface area contributed by atoms with Gasteiger partial charge in [0, 0.05) is 25.3 Å². The van der Waals surface area contributed by atoms with Crippen molar-refractivity contribution in [3.05, 3.63) is 0 Å². The molecule has 0 rings (SSSR count). The van der Waals surface area contributed by atoms with Gasteiger partial charge in [0.25, 0.3) is 0 Å². The third kappa shape index (κ3) is 9.86. The molecule has 118 valence electrons. The molecule has 0 aromatic carbocycles. The number of alkyl halides is 1. The molecule has 20 heavy (non-hydrogen) atoms. The highest BCUT2D eigenvalue weighted by atomic mass is 35.5. The molecule has 0 radical (unpaired) electrons. The van der Waals surface area contributed by atoms with Crippen molar-refractivity contribution in [3.8, 4) is 11.8 Å². The Morgan fingerprint density at radius 3 is 1.95 bits per heavy atom. The SMILES string of the molecule is CC(C)(C)[Si](C)(C)OCCCCC#CCCCCCCl. The van der Waals surface area contributed by atoms with E-state index >= 15 is 0 Å². The van der Waals surface area contributed by atoms with Crippen molar-refractivity contribution in [1.82, 2.24) is 0 Å². The lowest BCUT2D eigenvalue weighted by molar-refractivity contribution is 0.280. The van der Waals surface area contributed by atoms with Gasteiger partial charge in [0.05, 0.1) is 0 Å². The minimum atomic E-state index is -1.55. The number of unbranched alkanes of at least 4 members (excludes halogenated alkanes) is 5. The maximum absolute atomic E-state index is 6.14. The van der Waals surface area contributed by atoms with E-state index in [4.69, 9.17) is 16.0 Å². The van der Waals surface area contributed by atoms with Crippen LogP contribution in [0.1, 0.15) is 65.7 Å². The van der Waals surface area contributed by atoms with E-state index in [1.54, 1.807) is 0 Å². The van der Waals surface area contributed by atoms with Crippen molar-refractivity contribution >= 4 is 19.9 Å². The van der Waals surface area contributed by atoms with Gasteiger partial charge in [0.1, 0.15) is 0 Å².